The molecule has 6 heteroatoms. The van der Waals surface area contributed by atoms with Gasteiger partial charge in [-0.1, -0.05) is 18.2 Å². The van der Waals surface area contributed by atoms with Crippen molar-refractivity contribution in [2.45, 2.75) is 32.7 Å². The fourth-order valence-corrected chi connectivity index (χ4v) is 2.84. The van der Waals surface area contributed by atoms with Crippen molar-refractivity contribution in [2.75, 3.05) is 0 Å². The van der Waals surface area contributed by atoms with Gasteiger partial charge in [0.2, 0.25) is 5.91 Å². The first-order valence-electron chi connectivity index (χ1n) is 7.76. The lowest BCUT2D eigenvalue weighted by molar-refractivity contribution is -0.126. The van der Waals surface area contributed by atoms with Gasteiger partial charge < -0.3 is 14.8 Å². The van der Waals surface area contributed by atoms with E-state index in [2.05, 4.69) is 5.32 Å². The summed E-state index contributed by atoms with van der Waals surface area (Å²) in [6, 6.07) is 7.87. The Balaban J connectivity index is 1.64. The second kappa shape index (κ2) is 6.11. The summed E-state index contributed by atoms with van der Waals surface area (Å²) in [5.74, 6) is -0.827. The number of rotatable bonds is 6. The van der Waals surface area contributed by atoms with Crippen LogP contribution < -0.4 is 5.32 Å². The van der Waals surface area contributed by atoms with E-state index < -0.39 is 11.4 Å². The zero-order valence-corrected chi connectivity index (χ0v) is 13.3. The maximum atomic E-state index is 13.8. The molecule has 0 radical (unpaired) electrons. The minimum absolute atomic E-state index is 0.0896. The van der Waals surface area contributed by atoms with Gasteiger partial charge in [0.05, 0.1) is 12.0 Å². The van der Waals surface area contributed by atoms with Crippen molar-refractivity contribution in [1.29, 1.82) is 0 Å². The number of aryl methyl sites for hydroxylation is 1. The molecule has 0 aliphatic heterocycles. The van der Waals surface area contributed by atoms with Gasteiger partial charge in [-0.25, -0.2) is 9.18 Å². The molecule has 0 saturated heterocycles. The molecule has 5 nitrogen and oxygen atoms in total. The van der Waals surface area contributed by atoms with Crippen molar-refractivity contribution in [1.82, 2.24) is 5.32 Å². The molecule has 1 aromatic carbocycles. The molecule has 0 bridgehead atoms. The predicted octanol–water partition coefficient (Wildman–Crippen LogP) is 3.06. The molecule has 0 atom stereocenters. The first kappa shape index (κ1) is 16.2. The molecule has 1 aromatic heterocycles. The highest BCUT2D eigenvalue weighted by atomic mass is 19.1. The van der Waals surface area contributed by atoms with Crippen LogP contribution in [0.4, 0.5) is 4.39 Å². The molecular formula is C18H18FNO4. The monoisotopic (exact) mass is 331 g/mol. The summed E-state index contributed by atoms with van der Waals surface area (Å²) < 4.78 is 19.1. The highest BCUT2D eigenvalue weighted by molar-refractivity contribution is 5.89. The van der Waals surface area contributed by atoms with E-state index >= 15 is 0 Å². The number of hydrogen-bond donors (Lipinski definition) is 2. The molecule has 0 unspecified atom stereocenters. The van der Waals surface area contributed by atoms with E-state index in [1.807, 2.05) is 0 Å². The van der Waals surface area contributed by atoms with Crippen LogP contribution in [0.15, 0.2) is 34.7 Å². The molecule has 2 N–H and O–H groups in total. The Morgan fingerprint density at radius 1 is 1.33 bits per heavy atom. The quantitative estimate of drug-likeness (QED) is 0.852. The van der Waals surface area contributed by atoms with Crippen molar-refractivity contribution in [2.24, 2.45) is 5.41 Å². The Bertz CT molecular complexity index is 792. The first-order chi connectivity index (χ1) is 11.4. The summed E-state index contributed by atoms with van der Waals surface area (Å²) >= 11 is 0. The number of carbonyl (C=O) groups excluding carboxylic acids is 1. The van der Waals surface area contributed by atoms with Gasteiger partial charge in [0.15, 0.2) is 0 Å². The van der Waals surface area contributed by atoms with Crippen LogP contribution in [0.3, 0.4) is 0 Å². The molecule has 1 heterocycles. The zero-order valence-electron chi connectivity index (χ0n) is 13.3. The number of halogens is 1. The lowest BCUT2D eigenvalue weighted by atomic mass is 9.95. The van der Waals surface area contributed by atoms with E-state index in [0.29, 0.717) is 36.3 Å². The minimum Gasteiger partial charge on any atom is -0.478 e. The van der Waals surface area contributed by atoms with Crippen LogP contribution in [0.1, 0.15) is 40.3 Å². The van der Waals surface area contributed by atoms with Crippen molar-refractivity contribution >= 4 is 11.9 Å². The fourth-order valence-electron chi connectivity index (χ4n) is 2.84. The van der Waals surface area contributed by atoms with E-state index in [-0.39, 0.29) is 23.8 Å². The van der Waals surface area contributed by atoms with Gasteiger partial charge in [0.25, 0.3) is 0 Å². The number of carboxylic acids is 1. The standard InChI is InChI=1S/C18H18FNO4/c1-11-14(16(21)22)8-13(24-11)10-20-17(23)18(6-7-18)9-12-4-2-3-5-15(12)19/h2-5,8H,6-7,9-10H2,1H3,(H,20,23)(H,21,22). The number of carboxylic acid groups (broad SMARTS) is 1. The average molecular weight is 331 g/mol. The zero-order chi connectivity index (χ0) is 17.3. The largest absolute Gasteiger partial charge is 0.478 e. The Kier molecular flexibility index (Phi) is 4.13. The Morgan fingerprint density at radius 2 is 2.04 bits per heavy atom. The molecule has 2 aromatic rings. The summed E-state index contributed by atoms with van der Waals surface area (Å²) in [6.07, 6.45) is 1.79. The molecule has 3 rings (SSSR count). The van der Waals surface area contributed by atoms with Gasteiger partial charge in [-0.15, -0.1) is 0 Å². The van der Waals surface area contributed by atoms with E-state index in [4.69, 9.17) is 9.52 Å². The molecule has 126 valence electrons. The fraction of sp³-hybridized carbons (Fsp3) is 0.333. The SMILES string of the molecule is Cc1oc(CNC(=O)C2(Cc3ccccc3F)CC2)cc1C(=O)O. The van der Waals surface area contributed by atoms with E-state index in [9.17, 15) is 14.0 Å². The number of furan rings is 1. The van der Waals surface area contributed by atoms with E-state index in [1.54, 1.807) is 25.1 Å². The van der Waals surface area contributed by atoms with Gasteiger partial charge >= 0.3 is 5.97 Å². The second-order valence-electron chi connectivity index (χ2n) is 6.22. The summed E-state index contributed by atoms with van der Waals surface area (Å²) in [4.78, 5) is 23.4. The summed E-state index contributed by atoms with van der Waals surface area (Å²) in [5, 5.41) is 11.8. The van der Waals surface area contributed by atoms with Crippen LogP contribution in [-0.4, -0.2) is 17.0 Å². The topological polar surface area (TPSA) is 79.5 Å². The number of amides is 1. The predicted molar refractivity (Wildman–Crippen MR) is 84.0 cm³/mol. The highest BCUT2D eigenvalue weighted by Gasteiger charge is 2.49. The van der Waals surface area contributed by atoms with Crippen LogP contribution in [0.5, 0.6) is 0 Å². The van der Waals surface area contributed by atoms with Crippen LogP contribution in [0, 0.1) is 18.2 Å². The molecule has 0 spiro atoms. The Morgan fingerprint density at radius 3 is 2.62 bits per heavy atom. The molecule has 1 saturated carbocycles. The third kappa shape index (κ3) is 3.18. The van der Waals surface area contributed by atoms with Gasteiger partial charge in [-0.2, -0.15) is 0 Å². The number of benzene rings is 1. The summed E-state index contributed by atoms with van der Waals surface area (Å²) in [6.45, 7) is 1.68. The smallest absolute Gasteiger partial charge is 0.339 e. The van der Waals surface area contributed by atoms with Gasteiger partial charge in [0, 0.05) is 0 Å². The maximum Gasteiger partial charge on any atom is 0.339 e. The molecule has 1 aliphatic rings. The first-order valence-corrected chi connectivity index (χ1v) is 7.76. The minimum atomic E-state index is -1.06. The summed E-state index contributed by atoms with van der Waals surface area (Å²) in [5.41, 5.74) is 0.0540. The average Bonchev–Trinajstić information content (AvgIpc) is 3.22. The number of carbonyl (C=O) groups is 2. The van der Waals surface area contributed by atoms with Crippen molar-refractivity contribution in [3.05, 3.63) is 58.8 Å². The van der Waals surface area contributed by atoms with Crippen LogP contribution in [0.25, 0.3) is 0 Å². The number of aromatic carboxylic acids is 1. The van der Waals surface area contributed by atoms with Gasteiger partial charge in [0.1, 0.15) is 22.9 Å². The normalized spacial score (nSPS) is 15.1. The molecular weight excluding hydrogens is 313 g/mol. The van der Waals surface area contributed by atoms with Crippen molar-refractivity contribution in [3.63, 3.8) is 0 Å². The molecule has 1 aliphatic carbocycles. The van der Waals surface area contributed by atoms with Crippen molar-refractivity contribution in [3.8, 4) is 0 Å². The Hall–Kier alpha value is -2.63. The third-order valence-corrected chi connectivity index (χ3v) is 4.44. The van der Waals surface area contributed by atoms with Gasteiger partial charge in [-0.05, 0) is 43.9 Å². The number of nitrogens with one attached hydrogen (secondary N) is 1. The lowest BCUT2D eigenvalue weighted by Gasteiger charge is -2.15. The maximum absolute atomic E-state index is 13.8. The van der Waals surface area contributed by atoms with Crippen molar-refractivity contribution < 1.29 is 23.5 Å². The number of hydrogen-bond acceptors (Lipinski definition) is 3. The summed E-state index contributed by atoms with van der Waals surface area (Å²) in [7, 11) is 0. The second-order valence-corrected chi connectivity index (χ2v) is 6.22. The van der Waals surface area contributed by atoms with Crippen LogP contribution >= 0.6 is 0 Å². The van der Waals surface area contributed by atoms with E-state index in [0.717, 1.165) is 0 Å². The molecule has 1 fully saturated rings. The molecule has 24 heavy (non-hydrogen) atoms. The van der Waals surface area contributed by atoms with Crippen LogP contribution in [0.2, 0.25) is 0 Å². The third-order valence-electron chi connectivity index (χ3n) is 4.44. The molecule has 1 amide bonds. The van der Waals surface area contributed by atoms with Gasteiger partial charge in [-0.3, -0.25) is 4.79 Å². The lowest BCUT2D eigenvalue weighted by Crippen LogP contribution is -2.33. The van der Waals surface area contributed by atoms with Crippen LogP contribution in [-0.2, 0) is 17.8 Å². The highest BCUT2D eigenvalue weighted by Crippen LogP contribution is 2.49. The van der Waals surface area contributed by atoms with E-state index in [1.165, 1.54) is 12.1 Å². The Labute approximate surface area is 138 Å².